The van der Waals surface area contributed by atoms with Crippen LogP contribution in [0.25, 0.3) is 0 Å². The predicted octanol–water partition coefficient (Wildman–Crippen LogP) is 3.00. The maximum absolute atomic E-state index is 11.6. The van der Waals surface area contributed by atoms with Gasteiger partial charge < -0.3 is 4.90 Å². The zero-order chi connectivity index (χ0) is 11.4. The van der Waals surface area contributed by atoms with Crippen molar-refractivity contribution in [1.29, 1.82) is 0 Å². The van der Waals surface area contributed by atoms with Crippen molar-refractivity contribution in [2.45, 2.75) is 25.7 Å². The second-order valence-electron chi connectivity index (χ2n) is 4.22. The molecule has 0 radical (unpaired) electrons. The van der Waals surface area contributed by atoms with E-state index in [2.05, 4.69) is 28.1 Å². The first-order valence-corrected chi connectivity index (χ1v) is 6.57. The van der Waals surface area contributed by atoms with Gasteiger partial charge in [-0.2, -0.15) is 0 Å². The number of amides is 1. The smallest absolute Gasteiger partial charge is 0.222 e. The Morgan fingerprint density at radius 2 is 2.19 bits per heavy atom. The lowest BCUT2D eigenvalue weighted by atomic mass is 10.1. The number of carbonyl (C=O) groups is 1. The minimum Gasteiger partial charge on any atom is -0.342 e. The summed E-state index contributed by atoms with van der Waals surface area (Å²) in [6, 6.07) is 8.29. The third kappa shape index (κ3) is 3.08. The lowest BCUT2D eigenvalue weighted by Gasteiger charge is -2.26. The Bertz CT molecular complexity index is 378. The molecule has 0 saturated carbocycles. The van der Waals surface area contributed by atoms with Gasteiger partial charge in [0.25, 0.3) is 0 Å². The van der Waals surface area contributed by atoms with E-state index in [1.807, 2.05) is 17.0 Å². The molecule has 1 aliphatic rings. The summed E-state index contributed by atoms with van der Waals surface area (Å²) in [5.41, 5.74) is 1.28. The van der Waals surface area contributed by atoms with Crippen LogP contribution in [0.15, 0.2) is 28.7 Å². The van der Waals surface area contributed by atoms with Crippen LogP contribution in [0.3, 0.4) is 0 Å². The standard InChI is InChI=1S/C13H16BrNO/c14-12-5-3-4-11(10-12)7-9-15-8-2-1-6-13(15)16/h3-5,10H,1-2,6-9H2. The van der Waals surface area contributed by atoms with Gasteiger partial charge in [0.15, 0.2) is 0 Å². The molecular weight excluding hydrogens is 266 g/mol. The van der Waals surface area contributed by atoms with Gasteiger partial charge in [0.05, 0.1) is 0 Å². The maximum Gasteiger partial charge on any atom is 0.222 e. The van der Waals surface area contributed by atoms with E-state index >= 15 is 0 Å². The van der Waals surface area contributed by atoms with Gasteiger partial charge in [-0.15, -0.1) is 0 Å². The molecule has 0 N–H and O–H groups in total. The fourth-order valence-corrected chi connectivity index (χ4v) is 2.50. The Labute approximate surface area is 105 Å². The van der Waals surface area contributed by atoms with Crippen LogP contribution in [0.5, 0.6) is 0 Å². The SMILES string of the molecule is O=C1CCCCN1CCc1cccc(Br)c1. The van der Waals surface area contributed by atoms with Gasteiger partial charge in [-0.25, -0.2) is 0 Å². The molecule has 1 amide bonds. The van der Waals surface area contributed by atoms with E-state index in [1.54, 1.807) is 0 Å². The van der Waals surface area contributed by atoms with Crippen molar-refractivity contribution < 1.29 is 4.79 Å². The molecule has 16 heavy (non-hydrogen) atoms. The number of carbonyl (C=O) groups excluding carboxylic acids is 1. The summed E-state index contributed by atoms with van der Waals surface area (Å²) < 4.78 is 1.11. The monoisotopic (exact) mass is 281 g/mol. The van der Waals surface area contributed by atoms with Crippen LogP contribution in [0, 0.1) is 0 Å². The van der Waals surface area contributed by atoms with E-state index in [0.717, 1.165) is 43.2 Å². The maximum atomic E-state index is 11.6. The molecule has 0 atom stereocenters. The number of hydrogen-bond donors (Lipinski definition) is 0. The van der Waals surface area contributed by atoms with Crippen LogP contribution in [0.2, 0.25) is 0 Å². The zero-order valence-corrected chi connectivity index (χ0v) is 10.9. The zero-order valence-electron chi connectivity index (χ0n) is 9.29. The molecular formula is C13H16BrNO. The molecule has 1 aliphatic heterocycles. The number of nitrogens with zero attached hydrogens (tertiary/aromatic N) is 1. The van der Waals surface area contributed by atoms with E-state index in [4.69, 9.17) is 0 Å². The molecule has 2 rings (SSSR count). The third-order valence-corrected chi connectivity index (χ3v) is 3.47. The molecule has 3 heteroatoms. The molecule has 1 aromatic rings. The molecule has 1 fully saturated rings. The average molecular weight is 282 g/mol. The molecule has 2 nitrogen and oxygen atoms in total. The van der Waals surface area contributed by atoms with Crippen LogP contribution in [-0.4, -0.2) is 23.9 Å². The number of piperidine rings is 1. The van der Waals surface area contributed by atoms with Gasteiger partial charge in [-0.05, 0) is 37.0 Å². The molecule has 86 valence electrons. The topological polar surface area (TPSA) is 20.3 Å². The van der Waals surface area contributed by atoms with Crippen LogP contribution < -0.4 is 0 Å². The highest BCUT2D eigenvalue weighted by molar-refractivity contribution is 9.10. The van der Waals surface area contributed by atoms with E-state index in [1.165, 1.54) is 5.56 Å². The summed E-state index contributed by atoms with van der Waals surface area (Å²) >= 11 is 3.46. The van der Waals surface area contributed by atoms with Crippen molar-refractivity contribution in [2.75, 3.05) is 13.1 Å². The summed E-state index contributed by atoms with van der Waals surface area (Å²) in [5.74, 6) is 0.321. The number of halogens is 1. The molecule has 0 unspecified atom stereocenters. The van der Waals surface area contributed by atoms with Crippen molar-refractivity contribution in [3.63, 3.8) is 0 Å². The first-order valence-electron chi connectivity index (χ1n) is 5.78. The summed E-state index contributed by atoms with van der Waals surface area (Å²) in [4.78, 5) is 13.6. The summed E-state index contributed by atoms with van der Waals surface area (Å²) in [6.45, 7) is 1.79. The van der Waals surface area contributed by atoms with Gasteiger partial charge >= 0.3 is 0 Å². The van der Waals surface area contributed by atoms with Gasteiger partial charge in [-0.3, -0.25) is 4.79 Å². The first kappa shape index (κ1) is 11.6. The fraction of sp³-hybridized carbons (Fsp3) is 0.462. The molecule has 0 aromatic heterocycles. The molecule has 1 aromatic carbocycles. The Hall–Kier alpha value is -0.830. The fourth-order valence-electron chi connectivity index (χ4n) is 2.05. The quantitative estimate of drug-likeness (QED) is 0.834. The van der Waals surface area contributed by atoms with Gasteiger partial charge in [0.1, 0.15) is 0 Å². The normalized spacial score (nSPS) is 16.6. The highest BCUT2D eigenvalue weighted by atomic mass is 79.9. The van der Waals surface area contributed by atoms with Crippen LogP contribution >= 0.6 is 15.9 Å². The van der Waals surface area contributed by atoms with E-state index in [-0.39, 0.29) is 0 Å². The van der Waals surface area contributed by atoms with E-state index in [0.29, 0.717) is 5.91 Å². The van der Waals surface area contributed by atoms with Gasteiger partial charge in [0.2, 0.25) is 5.91 Å². The average Bonchev–Trinajstić information content (AvgIpc) is 2.28. The van der Waals surface area contributed by atoms with Crippen LogP contribution in [-0.2, 0) is 11.2 Å². The number of rotatable bonds is 3. The minimum atomic E-state index is 0.321. The minimum absolute atomic E-state index is 0.321. The molecule has 1 saturated heterocycles. The Morgan fingerprint density at radius 1 is 1.31 bits per heavy atom. The largest absolute Gasteiger partial charge is 0.342 e. The van der Waals surface area contributed by atoms with Crippen molar-refractivity contribution in [1.82, 2.24) is 4.90 Å². The number of benzene rings is 1. The number of hydrogen-bond acceptors (Lipinski definition) is 1. The summed E-state index contributed by atoms with van der Waals surface area (Å²) in [6.07, 6.45) is 3.90. The Balaban J connectivity index is 1.89. The molecule has 1 heterocycles. The summed E-state index contributed by atoms with van der Waals surface area (Å²) in [5, 5.41) is 0. The predicted molar refractivity (Wildman–Crippen MR) is 68.3 cm³/mol. The Kier molecular flexibility index (Phi) is 3.99. The van der Waals surface area contributed by atoms with Crippen molar-refractivity contribution in [3.8, 4) is 0 Å². The second kappa shape index (κ2) is 5.48. The van der Waals surface area contributed by atoms with E-state index < -0.39 is 0 Å². The lowest BCUT2D eigenvalue weighted by Crippen LogP contribution is -2.36. The number of likely N-dealkylation sites (tertiary alicyclic amines) is 1. The van der Waals surface area contributed by atoms with Crippen molar-refractivity contribution >= 4 is 21.8 Å². The van der Waals surface area contributed by atoms with Crippen LogP contribution in [0.1, 0.15) is 24.8 Å². The molecule has 0 spiro atoms. The Morgan fingerprint density at radius 3 is 2.94 bits per heavy atom. The third-order valence-electron chi connectivity index (χ3n) is 2.98. The highest BCUT2D eigenvalue weighted by Crippen LogP contribution is 2.14. The first-order chi connectivity index (χ1) is 7.75. The summed E-state index contributed by atoms with van der Waals surface area (Å²) in [7, 11) is 0. The van der Waals surface area contributed by atoms with Gasteiger partial charge in [0, 0.05) is 24.0 Å². The van der Waals surface area contributed by atoms with Gasteiger partial charge in [-0.1, -0.05) is 28.1 Å². The molecule has 0 aliphatic carbocycles. The van der Waals surface area contributed by atoms with Crippen molar-refractivity contribution in [2.24, 2.45) is 0 Å². The lowest BCUT2D eigenvalue weighted by molar-refractivity contribution is -0.133. The molecule has 0 bridgehead atoms. The second-order valence-corrected chi connectivity index (χ2v) is 5.13. The highest BCUT2D eigenvalue weighted by Gasteiger charge is 2.17. The van der Waals surface area contributed by atoms with E-state index in [9.17, 15) is 4.79 Å². The van der Waals surface area contributed by atoms with Crippen LogP contribution in [0.4, 0.5) is 0 Å². The van der Waals surface area contributed by atoms with Crippen molar-refractivity contribution in [3.05, 3.63) is 34.3 Å².